The van der Waals surface area contributed by atoms with Gasteiger partial charge in [-0.05, 0) is 56.9 Å². The Morgan fingerprint density at radius 2 is 1.94 bits per heavy atom. The number of ether oxygens (including phenoxy) is 1. The van der Waals surface area contributed by atoms with Gasteiger partial charge in [0.15, 0.2) is 5.96 Å². The lowest BCUT2D eigenvalue weighted by molar-refractivity contribution is -0.128. The van der Waals surface area contributed by atoms with E-state index in [0.29, 0.717) is 26.1 Å². The van der Waals surface area contributed by atoms with Gasteiger partial charge in [0.25, 0.3) is 0 Å². The van der Waals surface area contributed by atoms with Crippen molar-refractivity contribution in [2.75, 3.05) is 13.1 Å². The highest BCUT2D eigenvalue weighted by Gasteiger charge is 2.19. The van der Waals surface area contributed by atoms with Gasteiger partial charge in [-0.2, -0.15) is 0 Å². The zero-order chi connectivity index (χ0) is 22.9. The molecular weight excluding hydrogens is 527 g/mol. The number of nitrogens with one attached hydrogen (secondary N) is 2. The summed E-state index contributed by atoms with van der Waals surface area (Å²) in [5.74, 6) is 1.93. The van der Waals surface area contributed by atoms with Gasteiger partial charge in [0.1, 0.15) is 5.75 Å². The standard InChI is InChI=1S/C26H36N4O2.HI/c1-5-27-26(29-17-23-12-11-20(4)14-24(23)32-19(2)3)28-16-21-8-6-9-22(15-21)18-30-13-7-10-25(30)31;/h6,8-9,11-12,14-15,19H,5,7,10,13,16-18H2,1-4H3,(H2,27,28,29);1H. The molecule has 2 N–H and O–H groups in total. The number of likely N-dealkylation sites (tertiary alicyclic amines) is 1. The van der Waals surface area contributed by atoms with E-state index in [4.69, 9.17) is 9.73 Å². The number of guanidine groups is 1. The largest absolute Gasteiger partial charge is 0.491 e. The van der Waals surface area contributed by atoms with Crippen molar-refractivity contribution in [2.24, 2.45) is 4.99 Å². The van der Waals surface area contributed by atoms with E-state index in [0.717, 1.165) is 47.9 Å². The van der Waals surface area contributed by atoms with E-state index in [1.165, 1.54) is 5.56 Å². The second kappa shape index (κ2) is 13.4. The maximum Gasteiger partial charge on any atom is 0.222 e. The van der Waals surface area contributed by atoms with Crippen LogP contribution in [-0.2, 0) is 24.4 Å². The van der Waals surface area contributed by atoms with Crippen LogP contribution in [0, 0.1) is 6.92 Å². The third-order valence-corrected chi connectivity index (χ3v) is 5.33. The van der Waals surface area contributed by atoms with Crippen molar-refractivity contribution in [3.8, 4) is 5.75 Å². The smallest absolute Gasteiger partial charge is 0.222 e. The van der Waals surface area contributed by atoms with Crippen LogP contribution in [0.2, 0.25) is 0 Å². The molecule has 7 heteroatoms. The first-order chi connectivity index (χ1) is 15.4. The summed E-state index contributed by atoms with van der Waals surface area (Å²) in [7, 11) is 0. The fourth-order valence-corrected chi connectivity index (χ4v) is 3.78. The number of rotatable bonds is 9. The number of carbonyl (C=O) groups excluding carboxylic acids is 1. The minimum absolute atomic E-state index is 0. The summed E-state index contributed by atoms with van der Waals surface area (Å²) in [4.78, 5) is 18.6. The molecule has 2 aromatic rings. The van der Waals surface area contributed by atoms with Gasteiger partial charge in [-0.1, -0.05) is 36.4 Å². The first-order valence-electron chi connectivity index (χ1n) is 11.6. The van der Waals surface area contributed by atoms with Crippen molar-refractivity contribution in [2.45, 2.75) is 66.3 Å². The van der Waals surface area contributed by atoms with E-state index in [-0.39, 0.29) is 36.0 Å². The average Bonchev–Trinajstić information content (AvgIpc) is 3.15. The number of hydrogen-bond donors (Lipinski definition) is 2. The molecule has 0 aliphatic carbocycles. The molecule has 6 nitrogen and oxygen atoms in total. The van der Waals surface area contributed by atoms with Crippen molar-refractivity contribution < 1.29 is 9.53 Å². The molecule has 2 aromatic carbocycles. The fraction of sp³-hybridized carbons (Fsp3) is 0.462. The molecule has 1 saturated heterocycles. The van der Waals surface area contributed by atoms with Crippen LogP contribution < -0.4 is 15.4 Å². The van der Waals surface area contributed by atoms with E-state index in [1.807, 2.05) is 24.8 Å². The van der Waals surface area contributed by atoms with Crippen molar-refractivity contribution in [1.82, 2.24) is 15.5 Å². The number of aliphatic imine (C=N–C) groups is 1. The van der Waals surface area contributed by atoms with Crippen LogP contribution in [0.4, 0.5) is 0 Å². The molecule has 0 unspecified atom stereocenters. The summed E-state index contributed by atoms with van der Waals surface area (Å²) in [5.41, 5.74) is 4.57. The average molecular weight is 565 g/mol. The zero-order valence-corrected chi connectivity index (χ0v) is 22.5. The summed E-state index contributed by atoms with van der Waals surface area (Å²) >= 11 is 0. The van der Waals surface area contributed by atoms with Gasteiger partial charge >= 0.3 is 0 Å². The maximum absolute atomic E-state index is 11.9. The molecule has 3 rings (SSSR count). The Bertz CT molecular complexity index is 946. The van der Waals surface area contributed by atoms with E-state index in [9.17, 15) is 4.79 Å². The quantitative estimate of drug-likeness (QED) is 0.262. The summed E-state index contributed by atoms with van der Waals surface area (Å²) in [6.07, 6.45) is 1.76. The van der Waals surface area contributed by atoms with Crippen LogP contribution in [0.15, 0.2) is 47.5 Å². The number of carbonyl (C=O) groups is 1. The van der Waals surface area contributed by atoms with Crippen LogP contribution in [0.5, 0.6) is 5.75 Å². The Labute approximate surface area is 215 Å². The molecule has 33 heavy (non-hydrogen) atoms. The maximum atomic E-state index is 11.9. The fourth-order valence-electron chi connectivity index (χ4n) is 3.78. The number of halogens is 1. The van der Waals surface area contributed by atoms with Gasteiger partial charge in [-0.25, -0.2) is 4.99 Å². The first kappa shape index (κ1) is 27.0. The summed E-state index contributed by atoms with van der Waals surface area (Å²) in [6.45, 7) is 11.7. The van der Waals surface area contributed by atoms with Gasteiger partial charge in [0.2, 0.25) is 5.91 Å². The lowest BCUT2D eigenvalue weighted by atomic mass is 10.1. The number of benzene rings is 2. The number of aryl methyl sites for hydroxylation is 1. The summed E-state index contributed by atoms with van der Waals surface area (Å²) in [5, 5.41) is 6.74. The van der Waals surface area contributed by atoms with Gasteiger partial charge in [0.05, 0.1) is 12.6 Å². The molecule has 0 radical (unpaired) electrons. The Balaban J connectivity index is 0.00000385. The lowest BCUT2D eigenvalue weighted by Crippen LogP contribution is -2.36. The predicted octanol–water partition coefficient (Wildman–Crippen LogP) is 4.78. The lowest BCUT2D eigenvalue weighted by Gasteiger charge is -2.17. The molecule has 1 aliphatic heterocycles. The van der Waals surface area contributed by atoms with Crippen molar-refractivity contribution in [3.63, 3.8) is 0 Å². The van der Waals surface area contributed by atoms with Crippen LogP contribution in [0.25, 0.3) is 0 Å². The number of hydrogen-bond acceptors (Lipinski definition) is 3. The molecule has 0 aromatic heterocycles. The Hall–Kier alpha value is -2.29. The SMILES string of the molecule is CCNC(=NCc1cccc(CN2CCCC2=O)c1)NCc1ccc(C)cc1OC(C)C.I. The van der Waals surface area contributed by atoms with Crippen LogP contribution >= 0.6 is 24.0 Å². The van der Waals surface area contributed by atoms with E-state index in [2.05, 4.69) is 60.9 Å². The predicted molar refractivity (Wildman–Crippen MR) is 145 cm³/mol. The van der Waals surface area contributed by atoms with Gasteiger partial charge < -0.3 is 20.3 Å². The van der Waals surface area contributed by atoms with Gasteiger partial charge in [0, 0.05) is 38.2 Å². The topological polar surface area (TPSA) is 66.0 Å². The van der Waals surface area contributed by atoms with Gasteiger partial charge in [-0.15, -0.1) is 24.0 Å². The normalized spacial score (nSPS) is 13.8. The van der Waals surface area contributed by atoms with Gasteiger partial charge in [-0.3, -0.25) is 4.79 Å². The second-order valence-corrected chi connectivity index (χ2v) is 8.57. The Morgan fingerprint density at radius 3 is 2.64 bits per heavy atom. The molecule has 0 bridgehead atoms. The Kier molecular flexibility index (Phi) is 11.0. The zero-order valence-electron chi connectivity index (χ0n) is 20.2. The van der Waals surface area contributed by atoms with Crippen LogP contribution in [0.3, 0.4) is 0 Å². The minimum Gasteiger partial charge on any atom is -0.491 e. The van der Waals surface area contributed by atoms with Crippen molar-refractivity contribution in [1.29, 1.82) is 0 Å². The molecule has 180 valence electrons. The molecule has 0 spiro atoms. The highest BCUT2D eigenvalue weighted by atomic mass is 127. The third-order valence-electron chi connectivity index (χ3n) is 5.33. The number of amides is 1. The minimum atomic E-state index is 0. The molecular formula is C26H37IN4O2. The van der Waals surface area contributed by atoms with Crippen LogP contribution in [-0.4, -0.2) is 36.0 Å². The highest BCUT2D eigenvalue weighted by Crippen LogP contribution is 2.21. The summed E-state index contributed by atoms with van der Waals surface area (Å²) < 4.78 is 5.99. The van der Waals surface area contributed by atoms with Crippen molar-refractivity contribution >= 4 is 35.8 Å². The molecule has 1 aliphatic rings. The molecule has 0 atom stereocenters. The molecule has 1 amide bonds. The second-order valence-electron chi connectivity index (χ2n) is 8.57. The van der Waals surface area contributed by atoms with Crippen molar-refractivity contribution in [3.05, 3.63) is 64.7 Å². The first-order valence-corrected chi connectivity index (χ1v) is 11.6. The molecule has 1 heterocycles. The van der Waals surface area contributed by atoms with E-state index >= 15 is 0 Å². The van der Waals surface area contributed by atoms with Crippen LogP contribution in [0.1, 0.15) is 55.9 Å². The van der Waals surface area contributed by atoms with E-state index in [1.54, 1.807) is 0 Å². The molecule has 1 fully saturated rings. The van der Waals surface area contributed by atoms with E-state index < -0.39 is 0 Å². The summed E-state index contributed by atoms with van der Waals surface area (Å²) in [6, 6.07) is 14.6. The highest BCUT2D eigenvalue weighted by molar-refractivity contribution is 14.0. The third kappa shape index (κ3) is 8.53. The monoisotopic (exact) mass is 564 g/mol. The Morgan fingerprint density at radius 1 is 1.15 bits per heavy atom. The number of nitrogens with zero attached hydrogens (tertiary/aromatic N) is 2. The molecule has 0 saturated carbocycles.